The van der Waals surface area contributed by atoms with Crippen LogP contribution < -0.4 is 10.6 Å². The van der Waals surface area contributed by atoms with Crippen molar-refractivity contribution in [3.8, 4) is 0 Å². The third-order valence-electron chi connectivity index (χ3n) is 5.86. The summed E-state index contributed by atoms with van der Waals surface area (Å²) in [4.78, 5) is 24.8. The van der Waals surface area contributed by atoms with E-state index in [0.717, 1.165) is 12.1 Å². The van der Waals surface area contributed by atoms with Gasteiger partial charge >= 0.3 is 18.5 Å². The van der Waals surface area contributed by atoms with E-state index in [1.807, 2.05) is 5.32 Å². The molecule has 0 heterocycles. The molecule has 1 saturated carbocycles. The molecule has 0 radical (unpaired) electrons. The molecule has 3 rings (SSSR count). The summed E-state index contributed by atoms with van der Waals surface area (Å²) in [5.74, 6) is -7.08. The molecule has 0 aliphatic heterocycles. The predicted molar refractivity (Wildman–Crippen MR) is 135 cm³/mol. The van der Waals surface area contributed by atoms with Gasteiger partial charge in [-0.25, -0.2) is 4.39 Å². The van der Waals surface area contributed by atoms with Crippen molar-refractivity contribution < 1.29 is 53.5 Å². The molecular weight excluding hydrogens is 734 g/mol. The maximum absolute atomic E-state index is 15.0. The van der Waals surface area contributed by atoms with Crippen LogP contribution in [0.4, 0.5) is 43.9 Å². The summed E-state index contributed by atoms with van der Waals surface area (Å²) >= 11 is 11.8. The molecule has 224 valence electrons. The first-order chi connectivity index (χ1) is 18.6. The number of nitrogens with one attached hydrogen (secondary N) is 2. The Morgan fingerprint density at radius 1 is 0.976 bits per heavy atom. The van der Waals surface area contributed by atoms with Crippen LogP contribution >= 0.6 is 43.5 Å². The molecule has 2 N–H and O–H groups in total. The first-order valence-corrected chi connectivity index (χ1v) is 13.1. The topological polar surface area (TPSA) is 58.2 Å². The number of amides is 2. The fourth-order valence-corrected chi connectivity index (χ4v) is 5.00. The lowest BCUT2D eigenvalue weighted by Crippen LogP contribution is -2.51. The Kier molecular flexibility index (Phi) is 9.50. The lowest BCUT2D eigenvalue weighted by molar-refractivity contribution is -0.140. The van der Waals surface area contributed by atoms with E-state index < -0.39 is 76.4 Å². The van der Waals surface area contributed by atoms with E-state index in [2.05, 4.69) is 31.9 Å². The van der Waals surface area contributed by atoms with Crippen LogP contribution in [0.1, 0.15) is 45.8 Å². The summed E-state index contributed by atoms with van der Waals surface area (Å²) < 4.78 is 135. The third-order valence-corrected chi connectivity index (χ3v) is 7.98. The van der Waals surface area contributed by atoms with E-state index in [1.54, 1.807) is 5.32 Å². The second-order valence-electron chi connectivity index (χ2n) is 8.92. The lowest BCUT2D eigenvalue weighted by Gasteiger charge is -2.20. The molecular formula is C24H15Br2ClF10N2O2. The van der Waals surface area contributed by atoms with Gasteiger partial charge in [0.05, 0.1) is 16.1 Å². The van der Waals surface area contributed by atoms with Crippen molar-refractivity contribution in [2.45, 2.75) is 42.8 Å². The van der Waals surface area contributed by atoms with E-state index in [9.17, 15) is 49.1 Å². The van der Waals surface area contributed by atoms with Gasteiger partial charge in [0, 0.05) is 14.5 Å². The molecule has 1 aliphatic rings. The number of allylic oxidation sites excluding steroid dienone is 1. The summed E-state index contributed by atoms with van der Waals surface area (Å²) in [6.45, 7) is -1.74. The van der Waals surface area contributed by atoms with Crippen molar-refractivity contribution >= 4 is 61.1 Å². The Morgan fingerprint density at radius 2 is 1.54 bits per heavy atom. The van der Waals surface area contributed by atoms with E-state index in [4.69, 9.17) is 11.6 Å². The van der Waals surface area contributed by atoms with E-state index in [1.165, 1.54) is 0 Å². The van der Waals surface area contributed by atoms with Gasteiger partial charge in [-0.15, -0.1) is 0 Å². The van der Waals surface area contributed by atoms with Gasteiger partial charge in [-0.2, -0.15) is 39.5 Å². The summed E-state index contributed by atoms with van der Waals surface area (Å²) in [6, 6.07) is 3.15. The Bertz CT molecular complexity index is 1360. The highest BCUT2D eigenvalue weighted by atomic mass is 79.9. The summed E-state index contributed by atoms with van der Waals surface area (Å²) in [5.41, 5.74) is -6.19. The highest BCUT2D eigenvalue weighted by molar-refractivity contribution is 9.11. The second kappa shape index (κ2) is 11.7. The molecule has 1 fully saturated rings. The van der Waals surface area contributed by atoms with Crippen molar-refractivity contribution in [2.24, 2.45) is 0 Å². The van der Waals surface area contributed by atoms with Crippen molar-refractivity contribution in [2.75, 3.05) is 6.54 Å². The smallest absolute Gasteiger partial charge is 0.345 e. The molecule has 41 heavy (non-hydrogen) atoms. The quantitative estimate of drug-likeness (QED) is 0.221. The molecule has 0 bridgehead atoms. The highest BCUT2D eigenvalue weighted by Crippen LogP contribution is 2.43. The largest absolute Gasteiger partial charge is 0.417 e. The summed E-state index contributed by atoms with van der Waals surface area (Å²) in [5, 5.41) is 3.54. The van der Waals surface area contributed by atoms with Crippen LogP contribution in [-0.2, 0) is 11.0 Å². The number of alkyl halides is 9. The average Bonchev–Trinajstić information content (AvgIpc) is 3.62. The van der Waals surface area contributed by atoms with E-state index in [0.29, 0.717) is 12.1 Å². The van der Waals surface area contributed by atoms with Crippen LogP contribution in [0, 0.1) is 0 Å². The van der Waals surface area contributed by atoms with Crippen molar-refractivity contribution in [3.05, 3.63) is 72.6 Å². The van der Waals surface area contributed by atoms with Gasteiger partial charge in [0.15, 0.2) is 0 Å². The second-order valence-corrected chi connectivity index (χ2v) is 11.0. The molecule has 2 amide bonds. The third kappa shape index (κ3) is 8.15. The molecule has 2 aromatic carbocycles. The number of carbonyl (C=O) groups excluding carboxylic acids is 2. The number of benzene rings is 2. The first kappa shape index (κ1) is 33.2. The first-order valence-electron chi connectivity index (χ1n) is 11.1. The van der Waals surface area contributed by atoms with Crippen LogP contribution in [0.3, 0.4) is 0 Å². The maximum Gasteiger partial charge on any atom is 0.417 e. The fourth-order valence-electron chi connectivity index (χ4n) is 3.67. The van der Waals surface area contributed by atoms with Crippen molar-refractivity contribution in [1.29, 1.82) is 0 Å². The fraction of sp³-hybridized carbons (Fsp3) is 0.333. The molecule has 1 atom stereocenters. The highest BCUT2D eigenvalue weighted by Gasteiger charge is 2.52. The van der Waals surface area contributed by atoms with Crippen molar-refractivity contribution in [3.63, 3.8) is 0 Å². The zero-order valence-electron chi connectivity index (χ0n) is 19.9. The molecule has 1 unspecified atom stereocenters. The van der Waals surface area contributed by atoms with Gasteiger partial charge in [-0.05, 0) is 80.6 Å². The number of carbonyl (C=O) groups is 2. The van der Waals surface area contributed by atoms with Gasteiger partial charge < -0.3 is 10.6 Å². The van der Waals surface area contributed by atoms with Crippen LogP contribution in [0.25, 0.3) is 5.83 Å². The van der Waals surface area contributed by atoms with Crippen LogP contribution in [0.2, 0.25) is 5.02 Å². The molecule has 1 aliphatic carbocycles. The number of rotatable bonds is 7. The Morgan fingerprint density at radius 3 is 2.00 bits per heavy atom. The standard InChI is InChI=1S/C24H15Br2ClF10N2O2/c25-15-6-11(7-16(26)18(15)27)13(23(32,33)34)8-17(28)10-1-2-12(14(5-10)24(35,36)37)19(40)39-21(3-4-21)20(41)38-9-22(29,30)31/h1-2,5-8,13H,3-4,9H2,(H,38,41)(H,39,40). The Balaban J connectivity index is 1.96. The SMILES string of the molecule is O=C(NC1(C(=O)NCC(F)(F)F)CC1)c1ccc(C(F)=CC(c2cc(Br)c(Cl)c(Br)c2)C(F)(F)F)cc1C(F)(F)F. The van der Waals surface area contributed by atoms with Gasteiger partial charge in [0.25, 0.3) is 5.91 Å². The molecule has 4 nitrogen and oxygen atoms in total. The van der Waals surface area contributed by atoms with Crippen LogP contribution in [0.15, 0.2) is 45.4 Å². The lowest BCUT2D eigenvalue weighted by atomic mass is 9.95. The maximum atomic E-state index is 15.0. The van der Waals surface area contributed by atoms with E-state index >= 15 is 4.39 Å². The number of hydrogen-bond donors (Lipinski definition) is 2. The normalized spacial score (nSPS) is 16.3. The predicted octanol–water partition coefficient (Wildman–Crippen LogP) is 8.48. The summed E-state index contributed by atoms with van der Waals surface area (Å²) in [6.07, 6.45) is -15.4. The number of halogens is 13. The van der Waals surface area contributed by atoms with Gasteiger partial charge in [-0.3, -0.25) is 9.59 Å². The van der Waals surface area contributed by atoms with Crippen molar-refractivity contribution in [1.82, 2.24) is 10.6 Å². The van der Waals surface area contributed by atoms with Gasteiger partial charge in [-0.1, -0.05) is 17.7 Å². The minimum atomic E-state index is -5.31. The van der Waals surface area contributed by atoms with Gasteiger partial charge in [0.1, 0.15) is 23.8 Å². The number of hydrogen-bond acceptors (Lipinski definition) is 2. The van der Waals surface area contributed by atoms with Crippen LogP contribution in [0.5, 0.6) is 0 Å². The molecule has 0 spiro atoms. The molecule has 0 saturated heterocycles. The average molecular weight is 749 g/mol. The monoisotopic (exact) mass is 746 g/mol. The van der Waals surface area contributed by atoms with Crippen LogP contribution in [-0.4, -0.2) is 36.3 Å². The Hall–Kier alpha value is -2.33. The van der Waals surface area contributed by atoms with Gasteiger partial charge in [0.2, 0.25) is 5.91 Å². The zero-order valence-corrected chi connectivity index (χ0v) is 23.8. The van der Waals surface area contributed by atoms with E-state index in [-0.39, 0.29) is 39.0 Å². The molecule has 0 aromatic heterocycles. The zero-order chi connectivity index (χ0) is 31.1. The molecule has 2 aromatic rings. The summed E-state index contributed by atoms with van der Waals surface area (Å²) in [7, 11) is 0. The minimum Gasteiger partial charge on any atom is -0.345 e. The minimum absolute atomic E-state index is 0.0219. The molecule has 17 heteroatoms. The Labute approximate surface area is 246 Å².